The van der Waals surface area contributed by atoms with Crippen LogP contribution < -0.4 is 5.32 Å². The van der Waals surface area contributed by atoms with Crippen molar-refractivity contribution < 1.29 is 19.5 Å². The molecule has 7 nitrogen and oxygen atoms in total. The van der Waals surface area contributed by atoms with E-state index in [9.17, 15) is 14.4 Å². The number of aromatic amines is 1. The Morgan fingerprint density at radius 1 is 1.07 bits per heavy atom. The number of imide groups is 1. The number of fused-ring (bicyclic) bond motifs is 2. The Labute approximate surface area is 167 Å². The monoisotopic (exact) mass is 391 g/mol. The first-order chi connectivity index (χ1) is 14.1. The number of nitrogens with one attached hydrogen (secondary N) is 2. The first kappa shape index (κ1) is 18.9. The Morgan fingerprint density at radius 2 is 1.86 bits per heavy atom. The molecule has 0 fully saturated rings. The van der Waals surface area contributed by atoms with Gasteiger partial charge in [0.05, 0.1) is 11.1 Å². The van der Waals surface area contributed by atoms with E-state index in [1.807, 2.05) is 30.5 Å². The molecule has 148 valence electrons. The zero-order valence-corrected chi connectivity index (χ0v) is 15.8. The Balaban J connectivity index is 1.49. The lowest BCUT2D eigenvalue weighted by molar-refractivity contribution is 0.0656. The van der Waals surface area contributed by atoms with Gasteiger partial charge in [-0.25, -0.2) is 0 Å². The standard InChI is InChI=1S/C22H21N3O4/c26-11-3-9-23-20(27)14-6-7-17-18(12-14)22(29)25(21(17)28)10-8-15-13-24-19-5-2-1-4-16(15)19/h1-2,4-7,12-13,24,26H,3,8-11H2,(H,23,27). The van der Waals surface area contributed by atoms with Crippen LogP contribution >= 0.6 is 0 Å². The minimum absolute atomic E-state index is 0.0111. The normalized spacial score (nSPS) is 13.2. The van der Waals surface area contributed by atoms with Gasteiger partial charge in [-0.05, 0) is 42.7 Å². The van der Waals surface area contributed by atoms with Crippen molar-refractivity contribution in [1.29, 1.82) is 0 Å². The molecule has 2 aromatic carbocycles. The number of amides is 3. The number of hydrogen-bond donors (Lipinski definition) is 3. The fourth-order valence-electron chi connectivity index (χ4n) is 3.59. The summed E-state index contributed by atoms with van der Waals surface area (Å²) < 4.78 is 0. The van der Waals surface area contributed by atoms with E-state index >= 15 is 0 Å². The highest BCUT2D eigenvalue weighted by Gasteiger charge is 2.35. The van der Waals surface area contributed by atoms with Gasteiger partial charge >= 0.3 is 0 Å². The van der Waals surface area contributed by atoms with Crippen LogP contribution in [0.15, 0.2) is 48.7 Å². The van der Waals surface area contributed by atoms with Crippen molar-refractivity contribution in [3.63, 3.8) is 0 Å². The van der Waals surface area contributed by atoms with Crippen molar-refractivity contribution in [2.24, 2.45) is 0 Å². The van der Waals surface area contributed by atoms with E-state index in [1.54, 1.807) is 6.07 Å². The number of para-hydroxylation sites is 1. The lowest BCUT2D eigenvalue weighted by Crippen LogP contribution is -2.31. The van der Waals surface area contributed by atoms with Gasteiger partial charge in [0.1, 0.15) is 0 Å². The number of H-pyrrole nitrogens is 1. The molecule has 3 N–H and O–H groups in total. The summed E-state index contributed by atoms with van der Waals surface area (Å²) in [6.45, 7) is 0.602. The zero-order valence-electron chi connectivity index (χ0n) is 15.8. The Morgan fingerprint density at radius 3 is 2.69 bits per heavy atom. The fourth-order valence-corrected chi connectivity index (χ4v) is 3.59. The van der Waals surface area contributed by atoms with Crippen molar-refractivity contribution >= 4 is 28.6 Å². The largest absolute Gasteiger partial charge is 0.396 e. The molecule has 2 heterocycles. The quantitative estimate of drug-likeness (QED) is 0.424. The Hall–Kier alpha value is -3.45. The third kappa shape index (κ3) is 3.52. The van der Waals surface area contributed by atoms with Crippen LogP contribution in [0.5, 0.6) is 0 Å². The molecule has 0 spiro atoms. The summed E-state index contributed by atoms with van der Waals surface area (Å²) in [7, 11) is 0. The van der Waals surface area contributed by atoms with Gasteiger partial charge in [0.25, 0.3) is 17.7 Å². The van der Waals surface area contributed by atoms with Gasteiger partial charge in [-0.2, -0.15) is 0 Å². The van der Waals surface area contributed by atoms with Crippen LogP contribution in [0, 0.1) is 0 Å². The van der Waals surface area contributed by atoms with E-state index in [4.69, 9.17) is 5.11 Å². The second-order valence-corrected chi connectivity index (χ2v) is 6.96. The van der Waals surface area contributed by atoms with Crippen LogP contribution in [0.25, 0.3) is 10.9 Å². The Bertz CT molecular complexity index is 1100. The van der Waals surface area contributed by atoms with Gasteiger partial charge in [-0.3, -0.25) is 19.3 Å². The van der Waals surface area contributed by atoms with Crippen molar-refractivity contribution in [3.8, 4) is 0 Å². The van der Waals surface area contributed by atoms with Gasteiger partial charge in [-0.15, -0.1) is 0 Å². The molecule has 0 radical (unpaired) electrons. The lowest BCUT2D eigenvalue weighted by Gasteiger charge is -2.13. The number of hydrogen-bond acceptors (Lipinski definition) is 4. The highest BCUT2D eigenvalue weighted by Crippen LogP contribution is 2.25. The smallest absolute Gasteiger partial charge is 0.261 e. The number of nitrogens with zero attached hydrogens (tertiary/aromatic N) is 1. The second kappa shape index (κ2) is 7.89. The van der Waals surface area contributed by atoms with Gasteiger partial charge in [0.2, 0.25) is 0 Å². The molecule has 3 amide bonds. The fraction of sp³-hybridized carbons (Fsp3) is 0.227. The minimum Gasteiger partial charge on any atom is -0.396 e. The topological polar surface area (TPSA) is 102 Å². The van der Waals surface area contributed by atoms with Crippen LogP contribution in [0.1, 0.15) is 43.1 Å². The van der Waals surface area contributed by atoms with Crippen LogP contribution in [-0.2, 0) is 6.42 Å². The van der Waals surface area contributed by atoms with E-state index in [0.717, 1.165) is 16.5 Å². The summed E-state index contributed by atoms with van der Waals surface area (Å²) >= 11 is 0. The number of benzene rings is 2. The van der Waals surface area contributed by atoms with E-state index in [2.05, 4.69) is 10.3 Å². The summed E-state index contributed by atoms with van der Waals surface area (Å²) in [6, 6.07) is 12.4. The molecule has 0 bridgehead atoms. The number of rotatable bonds is 7. The van der Waals surface area contributed by atoms with Crippen molar-refractivity contribution in [1.82, 2.24) is 15.2 Å². The van der Waals surface area contributed by atoms with Gasteiger partial charge in [0, 0.05) is 42.4 Å². The molecule has 0 unspecified atom stereocenters. The van der Waals surface area contributed by atoms with Gasteiger partial charge in [-0.1, -0.05) is 18.2 Å². The summed E-state index contributed by atoms with van der Waals surface area (Å²) in [5, 5.41) is 12.6. The molecule has 1 aliphatic heterocycles. The maximum absolute atomic E-state index is 12.8. The molecule has 0 saturated carbocycles. The highest BCUT2D eigenvalue weighted by atomic mass is 16.3. The van der Waals surface area contributed by atoms with Crippen molar-refractivity contribution in [3.05, 3.63) is 70.9 Å². The molecule has 0 saturated heterocycles. The molecule has 0 aliphatic carbocycles. The number of aliphatic hydroxyl groups excluding tert-OH is 1. The third-order valence-corrected chi connectivity index (χ3v) is 5.13. The number of carbonyl (C=O) groups is 3. The van der Waals surface area contributed by atoms with Crippen LogP contribution in [0.3, 0.4) is 0 Å². The zero-order chi connectivity index (χ0) is 20.4. The summed E-state index contributed by atoms with van der Waals surface area (Å²) in [4.78, 5) is 42.1. The minimum atomic E-state index is -0.380. The number of aliphatic hydroxyl groups is 1. The first-order valence-corrected chi connectivity index (χ1v) is 9.54. The van der Waals surface area contributed by atoms with Crippen molar-refractivity contribution in [2.75, 3.05) is 19.7 Å². The van der Waals surface area contributed by atoms with Crippen LogP contribution in [-0.4, -0.2) is 52.4 Å². The highest BCUT2D eigenvalue weighted by molar-refractivity contribution is 6.22. The molecule has 1 aliphatic rings. The van der Waals surface area contributed by atoms with Crippen molar-refractivity contribution in [2.45, 2.75) is 12.8 Å². The van der Waals surface area contributed by atoms with E-state index in [1.165, 1.54) is 17.0 Å². The maximum atomic E-state index is 12.8. The SMILES string of the molecule is O=C(NCCCO)c1ccc2c(c1)C(=O)N(CCc1c[nH]c3ccccc13)C2=O. The number of aromatic nitrogens is 1. The molecular formula is C22H21N3O4. The summed E-state index contributed by atoms with van der Waals surface area (Å²) in [6.07, 6.45) is 2.90. The summed E-state index contributed by atoms with van der Waals surface area (Å²) in [5.41, 5.74) is 2.95. The molecule has 1 aromatic heterocycles. The van der Waals surface area contributed by atoms with E-state index in [-0.39, 0.29) is 36.4 Å². The summed E-state index contributed by atoms with van der Waals surface area (Å²) in [5.74, 6) is -1.05. The third-order valence-electron chi connectivity index (χ3n) is 5.13. The van der Waals surface area contributed by atoms with Gasteiger partial charge < -0.3 is 15.4 Å². The molecule has 29 heavy (non-hydrogen) atoms. The first-order valence-electron chi connectivity index (χ1n) is 9.54. The molecular weight excluding hydrogens is 370 g/mol. The maximum Gasteiger partial charge on any atom is 0.261 e. The van der Waals surface area contributed by atoms with Crippen LogP contribution in [0.2, 0.25) is 0 Å². The lowest BCUT2D eigenvalue weighted by atomic mass is 10.1. The molecule has 7 heteroatoms. The predicted octanol–water partition coefficient (Wildman–Crippen LogP) is 2.12. The Kier molecular flexibility index (Phi) is 5.14. The second-order valence-electron chi connectivity index (χ2n) is 6.96. The average molecular weight is 391 g/mol. The van der Waals surface area contributed by atoms with Crippen LogP contribution in [0.4, 0.5) is 0 Å². The van der Waals surface area contributed by atoms with E-state index < -0.39 is 0 Å². The molecule has 3 aromatic rings. The molecule has 4 rings (SSSR count). The predicted molar refractivity (Wildman–Crippen MR) is 108 cm³/mol. The number of carbonyl (C=O) groups excluding carboxylic acids is 3. The average Bonchev–Trinajstić information content (AvgIpc) is 3.26. The van der Waals surface area contributed by atoms with E-state index in [0.29, 0.717) is 30.5 Å². The van der Waals surface area contributed by atoms with Gasteiger partial charge in [0.15, 0.2) is 0 Å². The molecule has 0 atom stereocenters.